The normalized spacial score (nSPS) is 40.6. The fourth-order valence-electron chi connectivity index (χ4n) is 7.96. The van der Waals surface area contributed by atoms with Crippen molar-refractivity contribution in [2.75, 3.05) is 5.73 Å². The summed E-state index contributed by atoms with van der Waals surface area (Å²) in [5, 5.41) is 35.8. The van der Waals surface area contributed by atoms with Crippen LogP contribution in [0.2, 0.25) is 0 Å². The van der Waals surface area contributed by atoms with E-state index in [1.165, 1.54) is 49.4 Å². The number of aromatic nitrogens is 3. The highest BCUT2D eigenvalue weighted by molar-refractivity contribution is 5.79. The number of aliphatic hydroxyl groups is 2. The molecule has 0 spiro atoms. The van der Waals surface area contributed by atoms with E-state index in [2.05, 4.69) is 16.2 Å². The molecule has 5 fully saturated rings. The average molecular weight is 466 g/mol. The maximum Gasteiger partial charge on any atom is 0.225 e. The Kier molecular flexibility index (Phi) is 5.00. The molecular weight excluding hydrogens is 434 g/mol. The van der Waals surface area contributed by atoms with Crippen LogP contribution in [0.15, 0.2) is 18.5 Å². The van der Waals surface area contributed by atoms with Gasteiger partial charge in [-0.3, -0.25) is 4.79 Å². The van der Waals surface area contributed by atoms with Crippen LogP contribution < -0.4 is 5.73 Å². The number of ketones is 1. The van der Waals surface area contributed by atoms with Gasteiger partial charge in [0, 0.05) is 12.8 Å². The lowest BCUT2D eigenvalue weighted by Gasteiger charge is -2.56. The van der Waals surface area contributed by atoms with E-state index in [0.29, 0.717) is 11.9 Å². The molecule has 4 aliphatic carbocycles. The molecule has 4 saturated carbocycles. The molecule has 4 N–H and O–H groups in total. The SMILES string of the molecule is N#C[C@@]1(c2ccc3c(N)ncnn23)O[C@H](CCC(=O)C[C@]23CC4CC(C[C@@H](C4)C2)C3)[C@@H](O)[C@H]1O. The predicted molar refractivity (Wildman–Crippen MR) is 121 cm³/mol. The van der Waals surface area contributed by atoms with Gasteiger partial charge >= 0.3 is 0 Å². The number of nitrogens with zero attached hydrogens (tertiary/aromatic N) is 4. The zero-order valence-electron chi connectivity index (χ0n) is 19.1. The van der Waals surface area contributed by atoms with Gasteiger partial charge in [-0.25, -0.2) is 9.50 Å². The molecule has 3 heterocycles. The van der Waals surface area contributed by atoms with Gasteiger partial charge in [-0.15, -0.1) is 0 Å². The molecule has 9 nitrogen and oxygen atoms in total. The van der Waals surface area contributed by atoms with Gasteiger partial charge in [0.15, 0.2) is 5.82 Å². The fraction of sp³-hybridized carbons (Fsp3) is 0.680. The van der Waals surface area contributed by atoms with Crippen molar-refractivity contribution in [2.45, 2.75) is 81.7 Å². The van der Waals surface area contributed by atoms with Gasteiger partial charge in [0.2, 0.25) is 5.60 Å². The maximum absolute atomic E-state index is 13.0. The number of anilines is 1. The molecule has 0 unspecified atom stereocenters. The molecule has 5 aliphatic rings. The van der Waals surface area contributed by atoms with Crippen molar-refractivity contribution in [2.24, 2.45) is 23.2 Å². The molecule has 1 saturated heterocycles. The van der Waals surface area contributed by atoms with Crippen molar-refractivity contribution in [1.29, 1.82) is 5.26 Å². The molecule has 0 aromatic carbocycles. The monoisotopic (exact) mass is 465 g/mol. The minimum Gasteiger partial charge on any atom is -0.388 e. The van der Waals surface area contributed by atoms with Crippen molar-refractivity contribution in [3.05, 3.63) is 24.2 Å². The van der Waals surface area contributed by atoms with Crippen LogP contribution in [0.4, 0.5) is 5.82 Å². The average Bonchev–Trinajstić information content (AvgIpc) is 3.33. The summed E-state index contributed by atoms with van der Waals surface area (Å²) in [6.45, 7) is 0. The largest absolute Gasteiger partial charge is 0.388 e. The van der Waals surface area contributed by atoms with Crippen molar-refractivity contribution in [1.82, 2.24) is 14.6 Å². The molecule has 180 valence electrons. The first-order valence-electron chi connectivity index (χ1n) is 12.4. The minimum atomic E-state index is -1.82. The number of ether oxygens (including phenoxy) is 1. The minimum absolute atomic E-state index is 0.168. The lowest BCUT2D eigenvalue weighted by molar-refractivity contribution is -0.128. The molecule has 1 aliphatic heterocycles. The zero-order chi connectivity index (χ0) is 23.7. The lowest BCUT2D eigenvalue weighted by Crippen LogP contribution is -2.46. The molecule has 4 atom stereocenters. The van der Waals surface area contributed by atoms with Crippen molar-refractivity contribution in [3.63, 3.8) is 0 Å². The third kappa shape index (κ3) is 3.27. The van der Waals surface area contributed by atoms with Crippen LogP contribution in [0.1, 0.15) is 63.5 Å². The van der Waals surface area contributed by atoms with E-state index in [1.54, 1.807) is 12.1 Å². The number of nitriles is 1. The van der Waals surface area contributed by atoms with Crippen LogP contribution in [-0.2, 0) is 15.1 Å². The second kappa shape index (κ2) is 7.74. The van der Waals surface area contributed by atoms with Gasteiger partial charge in [-0.05, 0) is 80.2 Å². The summed E-state index contributed by atoms with van der Waals surface area (Å²) in [7, 11) is 0. The van der Waals surface area contributed by atoms with Crippen molar-refractivity contribution in [3.8, 4) is 6.07 Å². The molecule has 34 heavy (non-hydrogen) atoms. The Morgan fingerprint density at radius 1 is 1.21 bits per heavy atom. The Morgan fingerprint density at radius 2 is 1.88 bits per heavy atom. The Bertz CT molecular complexity index is 1140. The molecule has 9 heteroatoms. The first-order chi connectivity index (χ1) is 16.3. The van der Waals surface area contributed by atoms with E-state index in [-0.39, 0.29) is 35.6 Å². The van der Waals surface area contributed by atoms with E-state index in [0.717, 1.165) is 17.8 Å². The number of hydrogen-bond acceptors (Lipinski definition) is 8. The second-order valence-corrected chi connectivity index (χ2v) is 11.3. The van der Waals surface area contributed by atoms with Gasteiger partial charge in [-0.2, -0.15) is 10.4 Å². The third-order valence-electron chi connectivity index (χ3n) is 8.93. The molecular formula is C25H31N5O4. The third-order valence-corrected chi connectivity index (χ3v) is 8.93. The van der Waals surface area contributed by atoms with E-state index < -0.39 is 23.9 Å². The number of carbonyl (C=O) groups excluding carboxylic acids is 1. The predicted octanol–water partition coefficient (Wildman–Crippen LogP) is 2.11. The highest BCUT2D eigenvalue weighted by Gasteiger charge is 2.57. The smallest absolute Gasteiger partial charge is 0.225 e. The van der Waals surface area contributed by atoms with Crippen LogP contribution in [0.5, 0.6) is 0 Å². The number of fused-ring (bicyclic) bond motifs is 1. The Hall–Kier alpha value is -2.54. The topological polar surface area (TPSA) is 147 Å². The van der Waals surface area contributed by atoms with Gasteiger partial charge in [0.05, 0.1) is 11.8 Å². The number of aliphatic hydroxyl groups excluding tert-OH is 2. The van der Waals surface area contributed by atoms with Gasteiger partial charge < -0.3 is 20.7 Å². The van der Waals surface area contributed by atoms with Crippen molar-refractivity contribution >= 4 is 17.1 Å². The standard InChI is InChI=1S/C25H31N5O4/c26-12-25(20-4-2-18-23(27)28-13-29-30(18)20)22(33)21(32)19(34-25)3-1-17(31)11-24-8-14-5-15(9-24)7-16(6-14)10-24/h2,4,13-16,19,21-22,32-33H,1,3,5-11H2,(H2,27,28,29)/t14-,15?,16?,19-,21-,22-,24+,25+/m1/s1. The van der Waals surface area contributed by atoms with Crippen LogP contribution in [-0.4, -0.2) is 48.9 Å². The molecule has 4 bridgehead atoms. The van der Waals surface area contributed by atoms with E-state index in [1.807, 2.05) is 0 Å². The Labute approximate surface area is 197 Å². The number of Topliss-reactive ketones (excluding diaryl/α,β-unsaturated/α-hetero) is 1. The van der Waals surface area contributed by atoms with Gasteiger partial charge in [0.25, 0.3) is 0 Å². The van der Waals surface area contributed by atoms with Crippen LogP contribution >= 0.6 is 0 Å². The van der Waals surface area contributed by atoms with E-state index >= 15 is 0 Å². The highest BCUT2D eigenvalue weighted by Crippen LogP contribution is 2.61. The maximum atomic E-state index is 13.0. The number of nitrogen functional groups attached to an aromatic ring is 1. The molecule has 0 radical (unpaired) electrons. The Morgan fingerprint density at radius 3 is 2.53 bits per heavy atom. The molecule has 0 amide bonds. The number of hydrogen-bond donors (Lipinski definition) is 3. The van der Waals surface area contributed by atoms with Gasteiger partial charge in [-0.1, -0.05) is 0 Å². The van der Waals surface area contributed by atoms with Crippen LogP contribution in [0.3, 0.4) is 0 Å². The first-order valence-corrected chi connectivity index (χ1v) is 12.4. The summed E-state index contributed by atoms with van der Waals surface area (Å²) in [6, 6.07) is 5.30. The number of carbonyl (C=O) groups is 1. The highest BCUT2D eigenvalue weighted by atomic mass is 16.6. The summed E-state index contributed by atoms with van der Waals surface area (Å²) in [4.78, 5) is 17.0. The lowest BCUT2D eigenvalue weighted by atomic mass is 9.48. The quantitative estimate of drug-likeness (QED) is 0.588. The fourth-order valence-corrected chi connectivity index (χ4v) is 7.96. The molecule has 7 rings (SSSR count). The number of rotatable bonds is 6. The summed E-state index contributed by atoms with van der Waals surface area (Å²) < 4.78 is 7.43. The van der Waals surface area contributed by atoms with Gasteiger partial charge in [0.1, 0.15) is 35.9 Å². The Balaban J connectivity index is 1.16. The number of nitrogens with two attached hydrogens (primary N) is 1. The second-order valence-electron chi connectivity index (χ2n) is 11.3. The van der Waals surface area contributed by atoms with Crippen LogP contribution in [0, 0.1) is 34.5 Å². The van der Waals surface area contributed by atoms with Crippen LogP contribution in [0.25, 0.3) is 5.52 Å². The van der Waals surface area contributed by atoms with E-state index in [9.17, 15) is 20.3 Å². The molecule has 2 aromatic rings. The zero-order valence-corrected chi connectivity index (χ0v) is 19.1. The summed E-state index contributed by atoms with van der Waals surface area (Å²) in [6.07, 6.45) is 6.32. The summed E-state index contributed by atoms with van der Waals surface area (Å²) in [5.41, 5.74) is 5.00. The summed E-state index contributed by atoms with van der Waals surface area (Å²) >= 11 is 0. The molecule has 2 aromatic heterocycles. The van der Waals surface area contributed by atoms with Crippen molar-refractivity contribution < 1.29 is 19.7 Å². The van der Waals surface area contributed by atoms with E-state index in [4.69, 9.17) is 10.5 Å². The first kappa shape index (κ1) is 22.0. The summed E-state index contributed by atoms with van der Waals surface area (Å²) in [5.74, 6) is 2.80.